The smallest absolute Gasteiger partial charge is 0.337 e. The monoisotopic (exact) mass is 399 g/mol. The number of anilines is 2. The Hall–Kier alpha value is -3.46. The lowest BCUT2D eigenvalue weighted by Crippen LogP contribution is -2.36. The molecule has 2 aromatic carbocycles. The van der Waals surface area contributed by atoms with Gasteiger partial charge in [-0.3, -0.25) is 14.9 Å². The number of morpholine rings is 1. The van der Waals surface area contributed by atoms with Crippen LogP contribution in [-0.4, -0.2) is 50.2 Å². The summed E-state index contributed by atoms with van der Waals surface area (Å²) in [7, 11) is 1.28. The molecule has 1 N–H and O–H groups in total. The van der Waals surface area contributed by atoms with E-state index in [1.807, 2.05) is 4.90 Å². The number of carbonyl (C=O) groups excluding carboxylic acids is 2. The van der Waals surface area contributed by atoms with E-state index in [1.54, 1.807) is 19.1 Å². The fraction of sp³-hybridized carbons (Fsp3) is 0.300. The van der Waals surface area contributed by atoms with Gasteiger partial charge in [0.1, 0.15) is 0 Å². The highest BCUT2D eigenvalue weighted by Crippen LogP contribution is 2.29. The number of carbonyl (C=O) groups is 2. The van der Waals surface area contributed by atoms with Gasteiger partial charge in [-0.1, -0.05) is 6.07 Å². The molecule has 152 valence electrons. The van der Waals surface area contributed by atoms with Crippen molar-refractivity contribution in [2.24, 2.45) is 0 Å². The second-order valence-electron chi connectivity index (χ2n) is 6.54. The first-order valence-electron chi connectivity index (χ1n) is 9.02. The number of nitro benzene ring substituents is 1. The van der Waals surface area contributed by atoms with Crippen molar-refractivity contribution in [3.05, 3.63) is 63.2 Å². The summed E-state index contributed by atoms with van der Waals surface area (Å²) in [6.07, 6.45) is 0. The molecule has 3 rings (SSSR count). The molecule has 0 atom stereocenters. The van der Waals surface area contributed by atoms with Crippen molar-refractivity contribution in [1.82, 2.24) is 0 Å². The number of methoxy groups -OCH3 is 1. The van der Waals surface area contributed by atoms with Gasteiger partial charge in [0, 0.05) is 30.3 Å². The Balaban J connectivity index is 1.95. The highest BCUT2D eigenvalue weighted by molar-refractivity contribution is 6.07. The van der Waals surface area contributed by atoms with E-state index < -0.39 is 16.8 Å². The van der Waals surface area contributed by atoms with Crippen molar-refractivity contribution in [2.45, 2.75) is 6.92 Å². The van der Waals surface area contributed by atoms with Gasteiger partial charge in [-0.2, -0.15) is 0 Å². The minimum Gasteiger partial charge on any atom is -0.465 e. The fourth-order valence-electron chi connectivity index (χ4n) is 3.10. The Kier molecular flexibility index (Phi) is 6.08. The van der Waals surface area contributed by atoms with Crippen molar-refractivity contribution in [3.8, 4) is 0 Å². The summed E-state index contributed by atoms with van der Waals surface area (Å²) in [5, 5.41) is 13.9. The van der Waals surface area contributed by atoms with Crippen LogP contribution < -0.4 is 10.2 Å². The number of ether oxygens (including phenoxy) is 2. The third kappa shape index (κ3) is 4.52. The number of esters is 1. The van der Waals surface area contributed by atoms with Crippen molar-refractivity contribution < 1.29 is 24.0 Å². The van der Waals surface area contributed by atoms with Crippen molar-refractivity contribution in [1.29, 1.82) is 0 Å². The number of hydrogen-bond donors (Lipinski definition) is 1. The van der Waals surface area contributed by atoms with Crippen LogP contribution in [0.1, 0.15) is 26.3 Å². The molecule has 0 radical (unpaired) electrons. The minimum absolute atomic E-state index is 0.130. The van der Waals surface area contributed by atoms with Crippen LogP contribution in [0.15, 0.2) is 36.4 Å². The van der Waals surface area contributed by atoms with Gasteiger partial charge in [0.2, 0.25) is 0 Å². The normalized spacial score (nSPS) is 13.7. The molecule has 1 aliphatic rings. The summed E-state index contributed by atoms with van der Waals surface area (Å²) < 4.78 is 10.1. The maximum atomic E-state index is 12.8. The summed E-state index contributed by atoms with van der Waals surface area (Å²) in [6.45, 7) is 3.98. The topological polar surface area (TPSA) is 111 Å². The highest BCUT2D eigenvalue weighted by Gasteiger charge is 2.20. The summed E-state index contributed by atoms with van der Waals surface area (Å²) >= 11 is 0. The van der Waals surface area contributed by atoms with Gasteiger partial charge in [0.15, 0.2) is 0 Å². The average Bonchev–Trinajstić information content (AvgIpc) is 2.73. The van der Waals surface area contributed by atoms with E-state index in [0.29, 0.717) is 37.6 Å². The number of nitro groups is 1. The quantitative estimate of drug-likeness (QED) is 0.467. The van der Waals surface area contributed by atoms with E-state index in [2.05, 4.69) is 5.32 Å². The largest absolute Gasteiger partial charge is 0.465 e. The zero-order valence-electron chi connectivity index (χ0n) is 16.1. The Morgan fingerprint density at radius 1 is 1.14 bits per heavy atom. The lowest BCUT2D eigenvalue weighted by Gasteiger charge is -2.30. The SMILES string of the molecule is COC(=O)c1ccc(N2CCOCC2)c(NC(=O)c2ccc(C)c([N+](=O)[O-])c2)c1. The van der Waals surface area contributed by atoms with Crippen LogP contribution >= 0.6 is 0 Å². The minimum atomic E-state index is -0.528. The first kappa shape index (κ1) is 20.3. The lowest BCUT2D eigenvalue weighted by atomic mass is 10.1. The predicted octanol–water partition coefficient (Wildman–Crippen LogP) is 2.78. The van der Waals surface area contributed by atoms with Crippen LogP contribution in [0.25, 0.3) is 0 Å². The molecule has 0 unspecified atom stereocenters. The summed E-state index contributed by atoms with van der Waals surface area (Å²) in [5.41, 5.74) is 1.93. The Morgan fingerprint density at radius 2 is 1.83 bits per heavy atom. The third-order valence-corrected chi connectivity index (χ3v) is 4.69. The number of nitrogens with zero attached hydrogens (tertiary/aromatic N) is 2. The van der Waals surface area contributed by atoms with E-state index >= 15 is 0 Å². The molecule has 0 bridgehead atoms. The molecule has 1 saturated heterocycles. The van der Waals surface area contributed by atoms with Crippen LogP contribution in [0.4, 0.5) is 17.1 Å². The summed E-state index contributed by atoms with van der Waals surface area (Å²) in [5.74, 6) is -1.04. The van der Waals surface area contributed by atoms with Crippen molar-refractivity contribution >= 4 is 28.9 Å². The highest BCUT2D eigenvalue weighted by atomic mass is 16.6. The number of benzene rings is 2. The van der Waals surface area contributed by atoms with Gasteiger partial charge in [-0.05, 0) is 31.2 Å². The second-order valence-corrected chi connectivity index (χ2v) is 6.54. The number of aryl methyl sites for hydroxylation is 1. The maximum absolute atomic E-state index is 12.8. The van der Waals surface area contributed by atoms with Gasteiger partial charge < -0.3 is 19.7 Å². The zero-order chi connectivity index (χ0) is 21.0. The summed E-state index contributed by atoms with van der Waals surface area (Å²) in [4.78, 5) is 37.4. The molecule has 0 saturated carbocycles. The van der Waals surface area contributed by atoms with Crippen LogP contribution in [0.5, 0.6) is 0 Å². The maximum Gasteiger partial charge on any atom is 0.337 e. The van der Waals surface area contributed by atoms with E-state index in [0.717, 1.165) is 5.69 Å². The van der Waals surface area contributed by atoms with Gasteiger partial charge >= 0.3 is 5.97 Å². The zero-order valence-corrected chi connectivity index (χ0v) is 16.1. The predicted molar refractivity (Wildman–Crippen MR) is 107 cm³/mol. The molecule has 9 heteroatoms. The Bertz CT molecular complexity index is 953. The number of rotatable bonds is 5. The molecule has 0 aliphatic carbocycles. The second kappa shape index (κ2) is 8.70. The van der Waals surface area contributed by atoms with Gasteiger partial charge in [-0.25, -0.2) is 4.79 Å². The molecule has 0 spiro atoms. The number of hydrogen-bond acceptors (Lipinski definition) is 7. The Morgan fingerprint density at radius 3 is 2.48 bits per heavy atom. The molecule has 0 aromatic heterocycles. The van der Waals surface area contributed by atoms with Crippen LogP contribution in [0.3, 0.4) is 0 Å². The molecule has 1 aliphatic heterocycles. The molecule has 1 amide bonds. The number of amides is 1. The molecule has 1 fully saturated rings. The van der Waals surface area contributed by atoms with Crippen molar-refractivity contribution in [3.63, 3.8) is 0 Å². The fourth-order valence-corrected chi connectivity index (χ4v) is 3.10. The molecule has 29 heavy (non-hydrogen) atoms. The molecule has 9 nitrogen and oxygen atoms in total. The molecular formula is C20H21N3O6. The van der Waals surface area contributed by atoms with E-state index in [-0.39, 0.29) is 16.8 Å². The van der Waals surface area contributed by atoms with Crippen molar-refractivity contribution in [2.75, 3.05) is 43.6 Å². The first-order valence-corrected chi connectivity index (χ1v) is 9.02. The standard InChI is InChI=1S/C20H21N3O6/c1-13-3-4-14(12-18(13)23(26)27)19(24)21-16-11-15(20(25)28-2)5-6-17(16)22-7-9-29-10-8-22/h3-6,11-12H,7-10H2,1-2H3,(H,21,24). The molecular weight excluding hydrogens is 378 g/mol. The summed E-state index contributed by atoms with van der Waals surface area (Å²) in [6, 6.07) is 9.20. The van der Waals surface area contributed by atoms with Gasteiger partial charge in [0.05, 0.1) is 42.2 Å². The van der Waals surface area contributed by atoms with E-state index in [1.165, 1.54) is 31.4 Å². The first-order chi connectivity index (χ1) is 13.9. The molecule has 1 heterocycles. The molecule has 2 aromatic rings. The van der Waals surface area contributed by atoms with E-state index in [4.69, 9.17) is 9.47 Å². The van der Waals surface area contributed by atoms with Gasteiger partial charge in [-0.15, -0.1) is 0 Å². The van der Waals surface area contributed by atoms with E-state index in [9.17, 15) is 19.7 Å². The van der Waals surface area contributed by atoms with Crippen LogP contribution in [0.2, 0.25) is 0 Å². The van der Waals surface area contributed by atoms with Gasteiger partial charge in [0.25, 0.3) is 11.6 Å². The third-order valence-electron chi connectivity index (χ3n) is 4.69. The number of nitrogens with one attached hydrogen (secondary N) is 1. The lowest BCUT2D eigenvalue weighted by molar-refractivity contribution is -0.385. The van der Waals surface area contributed by atoms with Crippen LogP contribution in [-0.2, 0) is 9.47 Å². The average molecular weight is 399 g/mol. The Labute approximate surface area is 167 Å². The van der Waals surface area contributed by atoms with Crippen LogP contribution in [0, 0.1) is 17.0 Å².